The Morgan fingerprint density at radius 3 is 2.62 bits per heavy atom. The predicted octanol–water partition coefficient (Wildman–Crippen LogP) is 2.33. The lowest BCUT2D eigenvalue weighted by molar-refractivity contribution is 0.573. The lowest BCUT2D eigenvalue weighted by Crippen LogP contribution is -2.18. The van der Waals surface area contributed by atoms with Crippen LogP contribution in [0.1, 0.15) is 24.1 Å². The van der Waals surface area contributed by atoms with Crippen LogP contribution in [0.2, 0.25) is 0 Å². The molecule has 1 unspecified atom stereocenters. The van der Waals surface area contributed by atoms with Crippen molar-refractivity contribution in [2.45, 2.75) is 19.5 Å². The first-order chi connectivity index (χ1) is 7.86. The molecule has 3 nitrogen and oxygen atoms in total. The summed E-state index contributed by atoms with van der Waals surface area (Å²) in [4.78, 5) is 8.10. The lowest BCUT2D eigenvalue weighted by Gasteiger charge is -2.13. The van der Waals surface area contributed by atoms with Crippen LogP contribution in [-0.4, -0.2) is 9.97 Å². The van der Waals surface area contributed by atoms with Gasteiger partial charge in [-0.2, -0.15) is 0 Å². The highest BCUT2D eigenvalue weighted by atomic mass is 14.9. The van der Waals surface area contributed by atoms with Gasteiger partial charge in [0, 0.05) is 37.4 Å². The van der Waals surface area contributed by atoms with Crippen LogP contribution >= 0.6 is 0 Å². The van der Waals surface area contributed by atoms with Gasteiger partial charge in [-0.25, -0.2) is 0 Å². The van der Waals surface area contributed by atoms with Crippen LogP contribution in [0.3, 0.4) is 0 Å². The Balaban J connectivity index is 1.92. The normalized spacial score (nSPS) is 12.3. The van der Waals surface area contributed by atoms with Crippen molar-refractivity contribution >= 4 is 0 Å². The molecule has 0 radical (unpaired) electrons. The van der Waals surface area contributed by atoms with Crippen molar-refractivity contribution < 1.29 is 0 Å². The highest BCUT2D eigenvalue weighted by Gasteiger charge is 2.03. The van der Waals surface area contributed by atoms with E-state index in [0.717, 1.165) is 6.54 Å². The van der Waals surface area contributed by atoms with Crippen LogP contribution in [-0.2, 0) is 6.54 Å². The Bertz CT molecular complexity index is 414. The maximum atomic E-state index is 4.11. The summed E-state index contributed by atoms with van der Waals surface area (Å²) < 4.78 is 0. The molecule has 0 aromatic carbocycles. The fourth-order valence-electron chi connectivity index (χ4n) is 1.52. The molecule has 0 saturated heterocycles. The van der Waals surface area contributed by atoms with Gasteiger partial charge in [-0.15, -0.1) is 0 Å². The molecule has 0 aliphatic heterocycles. The summed E-state index contributed by atoms with van der Waals surface area (Å²) in [5, 5.41) is 3.45. The Morgan fingerprint density at radius 2 is 1.94 bits per heavy atom. The Hall–Kier alpha value is -1.74. The summed E-state index contributed by atoms with van der Waals surface area (Å²) in [6, 6.07) is 8.38. The molecular weight excluding hydrogens is 198 g/mol. The van der Waals surface area contributed by atoms with E-state index < -0.39 is 0 Å². The Labute approximate surface area is 95.6 Å². The standard InChI is InChI=1S/C13H15N3/c1-11(13-3-2-6-15-10-13)16-9-12-4-7-14-8-5-12/h2-8,10-11,16H,9H2,1H3. The zero-order chi connectivity index (χ0) is 11.2. The van der Waals surface area contributed by atoms with Crippen molar-refractivity contribution in [3.63, 3.8) is 0 Å². The quantitative estimate of drug-likeness (QED) is 0.847. The second-order valence-corrected chi connectivity index (χ2v) is 3.74. The Kier molecular flexibility index (Phi) is 3.62. The van der Waals surface area contributed by atoms with Gasteiger partial charge in [0.1, 0.15) is 0 Å². The van der Waals surface area contributed by atoms with Crippen LogP contribution in [0.5, 0.6) is 0 Å². The summed E-state index contributed by atoms with van der Waals surface area (Å²) in [5.41, 5.74) is 2.45. The van der Waals surface area contributed by atoms with E-state index in [2.05, 4.69) is 28.3 Å². The van der Waals surface area contributed by atoms with Gasteiger partial charge in [0.15, 0.2) is 0 Å². The van der Waals surface area contributed by atoms with Gasteiger partial charge in [0.05, 0.1) is 0 Å². The molecule has 1 atom stereocenters. The number of nitrogens with one attached hydrogen (secondary N) is 1. The third-order valence-corrected chi connectivity index (χ3v) is 2.55. The lowest BCUT2D eigenvalue weighted by atomic mass is 10.1. The average molecular weight is 213 g/mol. The molecule has 0 spiro atoms. The van der Waals surface area contributed by atoms with Gasteiger partial charge >= 0.3 is 0 Å². The molecule has 0 amide bonds. The maximum absolute atomic E-state index is 4.11. The number of hydrogen-bond acceptors (Lipinski definition) is 3. The molecule has 2 aromatic rings. The molecule has 0 fully saturated rings. The van der Waals surface area contributed by atoms with Gasteiger partial charge in [-0.1, -0.05) is 6.07 Å². The van der Waals surface area contributed by atoms with E-state index in [0.29, 0.717) is 6.04 Å². The first-order valence-corrected chi connectivity index (χ1v) is 5.38. The van der Waals surface area contributed by atoms with Gasteiger partial charge in [-0.05, 0) is 36.2 Å². The molecule has 0 aliphatic carbocycles. The molecule has 1 N–H and O–H groups in total. The topological polar surface area (TPSA) is 37.8 Å². The van der Waals surface area contributed by atoms with Gasteiger partial charge in [0.2, 0.25) is 0 Å². The summed E-state index contributed by atoms with van der Waals surface area (Å²) in [6.07, 6.45) is 7.31. The van der Waals surface area contributed by atoms with Crippen molar-refractivity contribution in [1.82, 2.24) is 15.3 Å². The summed E-state index contributed by atoms with van der Waals surface area (Å²) in [7, 11) is 0. The van der Waals surface area contributed by atoms with Crippen LogP contribution in [0.25, 0.3) is 0 Å². The molecule has 0 aliphatic rings. The molecule has 2 heterocycles. The second-order valence-electron chi connectivity index (χ2n) is 3.74. The largest absolute Gasteiger partial charge is 0.306 e. The SMILES string of the molecule is CC(NCc1ccncc1)c1cccnc1. The molecule has 0 bridgehead atoms. The minimum atomic E-state index is 0.307. The van der Waals surface area contributed by atoms with Crippen LogP contribution in [0.15, 0.2) is 49.1 Å². The van der Waals surface area contributed by atoms with Crippen molar-refractivity contribution in [1.29, 1.82) is 0 Å². The third-order valence-electron chi connectivity index (χ3n) is 2.55. The van der Waals surface area contributed by atoms with Crippen molar-refractivity contribution in [2.24, 2.45) is 0 Å². The van der Waals surface area contributed by atoms with E-state index >= 15 is 0 Å². The summed E-state index contributed by atoms with van der Waals surface area (Å²) in [5.74, 6) is 0. The first-order valence-electron chi connectivity index (χ1n) is 5.38. The zero-order valence-corrected chi connectivity index (χ0v) is 9.30. The minimum absolute atomic E-state index is 0.307. The monoisotopic (exact) mass is 213 g/mol. The van der Waals surface area contributed by atoms with Crippen LogP contribution in [0.4, 0.5) is 0 Å². The van der Waals surface area contributed by atoms with E-state index in [-0.39, 0.29) is 0 Å². The van der Waals surface area contributed by atoms with Gasteiger partial charge in [-0.3, -0.25) is 9.97 Å². The van der Waals surface area contributed by atoms with Crippen molar-refractivity contribution in [2.75, 3.05) is 0 Å². The number of hydrogen-bond donors (Lipinski definition) is 1. The summed E-state index contributed by atoms with van der Waals surface area (Å²) >= 11 is 0. The van der Waals surface area contributed by atoms with Crippen molar-refractivity contribution in [3.05, 3.63) is 60.2 Å². The number of pyridine rings is 2. The Morgan fingerprint density at radius 1 is 1.12 bits per heavy atom. The van der Waals surface area contributed by atoms with Gasteiger partial charge in [0.25, 0.3) is 0 Å². The van der Waals surface area contributed by atoms with Crippen LogP contribution < -0.4 is 5.32 Å². The molecule has 3 heteroatoms. The highest BCUT2D eigenvalue weighted by molar-refractivity contribution is 5.14. The van der Waals surface area contributed by atoms with Crippen LogP contribution in [0, 0.1) is 0 Å². The summed E-state index contributed by atoms with van der Waals surface area (Å²) in [6.45, 7) is 2.98. The van der Waals surface area contributed by atoms with E-state index in [1.165, 1.54) is 11.1 Å². The highest BCUT2D eigenvalue weighted by Crippen LogP contribution is 2.10. The fourth-order valence-corrected chi connectivity index (χ4v) is 1.52. The number of nitrogens with zero attached hydrogens (tertiary/aromatic N) is 2. The average Bonchev–Trinajstić information content (AvgIpc) is 2.38. The fraction of sp³-hybridized carbons (Fsp3) is 0.231. The number of rotatable bonds is 4. The molecule has 82 valence electrons. The first kappa shape index (κ1) is 10.8. The molecule has 0 saturated carbocycles. The van der Waals surface area contributed by atoms with E-state index in [9.17, 15) is 0 Å². The van der Waals surface area contributed by atoms with E-state index in [1.807, 2.05) is 36.8 Å². The molecule has 2 rings (SSSR count). The van der Waals surface area contributed by atoms with Gasteiger partial charge < -0.3 is 5.32 Å². The predicted molar refractivity (Wildman–Crippen MR) is 63.7 cm³/mol. The van der Waals surface area contributed by atoms with E-state index in [1.54, 1.807) is 6.20 Å². The third kappa shape index (κ3) is 2.87. The zero-order valence-electron chi connectivity index (χ0n) is 9.30. The minimum Gasteiger partial charge on any atom is -0.306 e. The van der Waals surface area contributed by atoms with Crippen molar-refractivity contribution in [3.8, 4) is 0 Å². The molecule has 16 heavy (non-hydrogen) atoms. The molecule has 2 aromatic heterocycles. The number of aromatic nitrogens is 2. The van der Waals surface area contributed by atoms with E-state index in [4.69, 9.17) is 0 Å². The second kappa shape index (κ2) is 5.37. The maximum Gasteiger partial charge on any atom is 0.0315 e. The molecular formula is C13H15N3. The smallest absolute Gasteiger partial charge is 0.0315 e.